The molecule has 2 aromatic carbocycles. The number of dihydropyridines is 1. The minimum absolute atomic E-state index is 0.239. The number of benzene rings is 2. The zero-order valence-corrected chi connectivity index (χ0v) is 16.9. The summed E-state index contributed by atoms with van der Waals surface area (Å²) in [7, 11) is 0. The lowest BCUT2D eigenvalue weighted by atomic mass is 9.79. The molecule has 0 fully saturated rings. The van der Waals surface area contributed by atoms with Crippen molar-refractivity contribution in [3.05, 3.63) is 88.6 Å². The second-order valence-electron chi connectivity index (χ2n) is 6.60. The Morgan fingerprint density at radius 2 is 1.34 bits per heavy atom. The number of rotatable bonds is 6. The standard InChI is InChI=1S/C24H25NO4/c1-4-28-23(26)19-16(3)25-22(18-14-10-7-11-15-18)21(24(27)29-5-2)20(19)17-12-8-6-9-13-17/h6-15,20,25H,4-5H2,1-3H3/t20-/m1/s1. The third kappa shape index (κ3) is 4.24. The lowest BCUT2D eigenvalue weighted by molar-refractivity contribution is -0.139. The fourth-order valence-electron chi connectivity index (χ4n) is 3.55. The van der Waals surface area contributed by atoms with Gasteiger partial charge in [0.25, 0.3) is 0 Å². The Kier molecular flexibility index (Phi) is 6.50. The first-order chi connectivity index (χ1) is 14.1. The van der Waals surface area contributed by atoms with E-state index >= 15 is 0 Å². The minimum Gasteiger partial charge on any atom is -0.463 e. The summed E-state index contributed by atoms with van der Waals surface area (Å²) in [6.45, 7) is 5.85. The highest BCUT2D eigenvalue weighted by molar-refractivity contribution is 6.05. The first-order valence-corrected chi connectivity index (χ1v) is 9.75. The highest BCUT2D eigenvalue weighted by Crippen LogP contribution is 2.41. The SMILES string of the molecule is CCOC(=O)C1=C(C)NC(c2ccccc2)=C(C(=O)OCC)[C@@H]1c1ccccc1. The van der Waals surface area contributed by atoms with Crippen molar-refractivity contribution in [2.75, 3.05) is 13.2 Å². The molecule has 0 amide bonds. The second kappa shape index (κ2) is 9.24. The lowest BCUT2D eigenvalue weighted by Gasteiger charge is -2.31. The molecule has 29 heavy (non-hydrogen) atoms. The number of allylic oxidation sites excluding steroid dienone is 1. The molecule has 0 unspecified atom stereocenters. The number of esters is 2. The van der Waals surface area contributed by atoms with E-state index in [2.05, 4.69) is 5.32 Å². The van der Waals surface area contributed by atoms with Crippen molar-refractivity contribution in [2.24, 2.45) is 0 Å². The van der Waals surface area contributed by atoms with Gasteiger partial charge < -0.3 is 14.8 Å². The van der Waals surface area contributed by atoms with Crippen molar-refractivity contribution in [1.82, 2.24) is 5.32 Å². The highest BCUT2D eigenvalue weighted by Gasteiger charge is 2.39. The fourth-order valence-corrected chi connectivity index (χ4v) is 3.55. The number of ether oxygens (including phenoxy) is 2. The van der Waals surface area contributed by atoms with Crippen LogP contribution >= 0.6 is 0 Å². The summed E-state index contributed by atoms with van der Waals surface area (Å²) in [5.41, 5.74) is 3.79. The van der Waals surface area contributed by atoms with E-state index in [1.165, 1.54) is 0 Å². The third-order valence-electron chi connectivity index (χ3n) is 4.75. The predicted molar refractivity (Wildman–Crippen MR) is 112 cm³/mol. The van der Waals surface area contributed by atoms with Gasteiger partial charge in [-0.15, -0.1) is 0 Å². The van der Waals surface area contributed by atoms with Gasteiger partial charge in [-0.25, -0.2) is 9.59 Å². The van der Waals surface area contributed by atoms with Crippen molar-refractivity contribution in [3.63, 3.8) is 0 Å². The molecule has 0 saturated heterocycles. The number of hydrogen-bond acceptors (Lipinski definition) is 5. The van der Waals surface area contributed by atoms with Gasteiger partial charge in [-0.05, 0) is 31.9 Å². The summed E-state index contributed by atoms with van der Waals surface area (Å²) in [6, 6.07) is 19.1. The molecule has 2 aromatic rings. The molecule has 0 aliphatic carbocycles. The van der Waals surface area contributed by atoms with Gasteiger partial charge in [0, 0.05) is 5.70 Å². The van der Waals surface area contributed by atoms with Gasteiger partial charge in [0.1, 0.15) is 0 Å². The lowest BCUT2D eigenvalue weighted by Crippen LogP contribution is -2.32. The monoisotopic (exact) mass is 391 g/mol. The van der Waals surface area contributed by atoms with E-state index in [0.29, 0.717) is 22.5 Å². The summed E-state index contributed by atoms with van der Waals surface area (Å²) >= 11 is 0. The van der Waals surface area contributed by atoms with Crippen molar-refractivity contribution < 1.29 is 19.1 Å². The Bertz CT molecular complexity index is 945. The maximum atomic E-state index is 13.1. The predicted octanol–water partition coefficient (Wildman–Crippen LogP) is 4.18. The fraction of sp³-hybridized carbons (Fsp3) is 0.250. The van der Waals surface area contributed by atoms with Gasteiger partial charge in [0.15, 0.2) is 0 Å². The zero-order chi connectivity index (χ0) is 20.8. The summed E-state index contributed by atoms with van der Waals surface area (Å²) in [6.07, 6.45) is 0. The molecular weight excluding hydrogens is 366 g/mol. The Morgan fingerprint density at radius 1 is 0.828 bits per heavy atom. The molecule has 1 heterocycles. The maximum Gasteiger partial charge on any atom is 0.337 e. The van der Waals surface area contributed by atoms with Crippen LogP contribution in [0.3, 0.4) is 0 Å². The van der Waals surface area contributed by atoms with Crippen LogP contribution in [0.4, 0.5) is 0 Å². The summed E-state index contributed by atoms with van der Waals surface area (Å²) in [5.74, 6) is -1.49. The van der Waals surface area contributed by atoms with Crippen LogP contribution in [0.25, 0.3) is 5.70 Å². The Hall–Kier alpha value is -3.34. The molecule has 3 rings (SSSR count). The quantitative estimate of drug-likeness (QED) is 0.748. The summed E-state index contributed by atoms with van der Waals surface area (Å²) in [5, 5.41) is 3.27. The van der Waals surface area contributed by atoms with Crippen molar-refractivity contribution in [2.45, 2.75) is 26.7 Å². The molecular formula is C24H25NO4. The second-order valence-corrected chi connectivity index (χ2v) is 6.60. The Morgan fingerprint density at radius 3 is 1.90 bits per heavy atom. The van der Waals surface area contributed by atoms with E-state index in [-0.39, 0.29) is 13.2 Å². The molecule has 1 aliphatic heterocycles. The summed E-state index contributed by atoms with van der Waals surface area (Å²) < 4.78 is 10.7. The van der Waals surface area contributed by atoms with Gasteiger partial charge in [0.05, 0.1) is 36.0 Å². The molecule has 0 aromatic heterocycles. The molecule has 1 atom stereocenters. The van der Waals surface area contributed by atoms with E-state index in [4.69, 9.17) is 9.47 Å². The van der Waals surface area contributed by atoms with E-state index in [1.807, 2.05) is 67.6 Å². The molecule has 5 nitrogen and oxygen atoms in total. The minimum atomic E-state index is -0.592. The molecule has 150 valence electrons. The Balaban J connectivity index is 2.27. The van der Waals surface area contributed by atoms with E-state index in [1.54, 1.807) is 13.8 Å². The van der Waals surface area contributed by atoms with Gasteiger partial charge in [-0.3, -0.25) is 0 Å². The molecule has 1 N–H and O–H groups in total. The normalized spacial score (nSPS) is 16.3. The van der Waals surface area contributed by atoms with Crippen LogP contribution in [0.2, 0.25) is 0 Å². The van der Waals surface area contributed by atoms with Crippen LogP contribution in [-0.4, -0.2) is 25.2 Å². The number of hydrogen-bond donors (Lipinski definition) is 1. The molecule has 1 aliphatic rings. The van der Waals surface area contributed by atoms with Crippen LogP contribution in [0.5, 0.6) is 0 Å². The van der Waals surface area contributed by atoms with Crippen LogP contribution < -0.4 is 5.32 Å². The smallest absolute Gasteiger partial charge is 0.337 e. The first-order valence-electron chi connectivity index (χ1n) is 9.75. The summed E-state index contributed by atoms with van der Waals surface area (Å²) in [4.78, 5) is 26.0. The largest absolute Gasteiger partial charge is 0.463 e. The van der Waals surface area contributed by atoms with Crippen LogP contribution in [0.1, 0.15) is 37.8 Å². The average Bonchev–Trinajstić information content (AvgIpc) is 2.74. The molecule has 0 spiro atoms. The zero-order valence-electron chi connectivity index (χ0n) is 16.9. The van der Waals surface area contributed by atoms with Crippen LogP contribution in [0, 0.1) is 0 Å². The topological polar surface area (TPSA) is 64.6 Å². The van der Waals surface area contributed by atoms with E-state index in [0.717, 1.165) is 11.1 Å². The van der Waals surface area contributed by atoms with E-state index < -0.39 is 17.9 Å². The highest BCUT2D eigenvalue weighted by atomic mass is 16.5. The van der Waals surface area contributed by atoms with E-state index in [9.17, 15) is 9.59 Å². The van der Waals surface area contributed by atoms with Gasteiger partial charge in [-0.1, -0.05) is 60.7 Å². The van der Waals surface area contributed by atoms with Crippen molar-refractivity contribution in [1.29, 1.82) is 0 Å². The average molecular weight is 391 g/mol. The molecule has 0 saturated carbocycles. The van der Waals surface area contributed by atoms with Crippen molar-refractivity contribution in [3.8, 4) is 0 Å². The molecule has 0 bridgehead atoms. The molecule has 0 radical (unpaired) electrons. The Labute approximate surface area is 171 Å². The van der Waals surface area contributed by atoms with Gasteiger partial charge in [0.2, 0.25) is 0 Å². The number of carbonyl (C=O) groups is 2. The van der Waals surface area contributed by atoms with Gasteiger partial charge >= 0.3 is 11.9 Å². The number of nitrogens with one attached hydrogen (secondary N) is 1. The van der Waals surface area contributed by atoms with Gasteiger partial charge in [-0.2, -0.15) is 0 Å². The molecule has 5 heteroatoms. The first kappa shape index (κ1) is 20.4. The number of carbonyl (C=O) groups excluding carboxylic acids is 2. The van der Waals surface area contributed by atoms with Crippen LogP contribution in [0.15, 0.2) is 77.5 Å². The maximum absolute atomic E-state index is 13.1. The van der Waals surface area contributed by atoms with Crippen LogP contribution in [-0.2, 0) is 19.1 Å². The van der Waals surface area contributed by atoms with Crippen molar-refractivity contribution >= 4 is 17.6 Å². The third-order valence-corrected chi connectivity index (χ3v) is 4.75.